The molecular formula is C15H16N2O2. The molecule has 0 aliphatic carbocycles. The third-order valence-corrected chi connectivity index (χ3v) is 3.34. The topological polar surface area (TPSA) is 61.2 Å². The van der Waals surface area contributed by atoms with Crippen LogP contribution in [0.3, 0.4) is 0 Å². The van der Waals surface area contributed by atoms with Gasteiger partial charge in [0.2, 0.25) is 0 Å². The summed E-state index contributed by atoms with van der Waals surface area (Å²) in [6.45, 7) is 1.63. The predicted molar refractivity (Wildman–Crippen MR) is 70.8 cm³/mol. The summed E-state index contributed by atoms with van der Waals surface area (Å²) in [4.78, 5) is 25.6. The zero-order valence-corrected chi connectivity index (χ0v) is 10.8. The maximum atomic E-state index is 12.2. The van der Waals surface area contributed by atoms with Gasteiger partial charge in [0, 0.05) is 24.2 Å². The van der Waals surface area contributed by atoms with Gasteiger partial charge in [-0.25, -0.2) is 0 Å². The molecule has 0 aromatic heterocycles. The Hall–Kier alpha value is -2.15. The molecule has 0 radical (unpaired) electrons. The predicted octanol–water partition coefficient (Wildman–Crippen LogP) is 2.41. The van der Waals surface area contributed by atoms with Crippen LogP contribution in [-0.2, 0) is 0 Å². The van der Waals surface area contributed by atoms with E-state index in [2.05, 4.69) is 0 Å². The SMILES string of the molecule is N#CCC(=O)c1ccc(C(=O)N2CCCCC2)cc1. The summed E-state index contributed by atoms with van der Waals surface area (Å²) in [5.74, 6) is -0.182. The normalized spacial score (nSPS) is 14.8. The van der Waals surface area contributed by atoms with Crippen molar-refractivity contribution in [3.63, 3.8) is 0 Å². The Labute approximate surface area is 112 Å². The Balaban J connectivity index is 2.07. The maximum absolute atomic E-state index is 12.2. The fourth-order valence-electron chi connectivity index (χ4n) is 2.25. The van der Waals surface area contributed by atoms with Crippen molar-refractivity contribution in [2.75, 3.05) is 13.1 Å². The van der Waals surface area contributed by atoms with E-state index in [0.717, 1.165) is 25.9 Å². The molecule has 1 fully saturated rings. The number of hydrogen-bond donors (Lipinski definition) is 0. The maximum Gasteiger partial charge on any atom is 0.253 e. The summed E-state index contributed by atoms with van der Waals surface area (Å²) in [6.07, 6.45) is 3.18. The highest BCUT2D eigenvalue weighted by molar-refractivity contribution is 5.99. The van der Waals surface area contributed by atoms with Crippen LogP contribution in [0.15, 0.2) is 24.3 Å². The number of piperidine rings is 1. The number of benzene rings is 1. The monoisotopic (exact) mass is 256 g/mol. The van der Waals surface area contributed by atoms with Crippen LogP contribution in [0.4, 0.5) is 0 Å². The van der Waals surface area contributed by atoms with E-state index in [1.165, 1.54) is 6.42 Å². The lowest BCUT2D eigenvalue weighted by Crippen LogP contribution is -2.35. The lowest BCUT2D eigenvalue weighted by molar-refractivity contribution is 0.0724. The second kappa shape index (κ2) is 6.14. The highest BCUT2D eigenvalue weighted by Crippen LogP contribution is 2.14. The van der Waals surface area contributed by atoms with Crippen LogP contribution >= 0.6 is 0 Å². The van der Waals surface area contributed by atoms with Crippen LogP contribution in [-0.4, -0.2) is 29.7 Å². The Morgan fingerprint density at radius 2 is 1.63 bits per heavy atom. The molecule has 0 saturated carbocycles. The number of carbonyl (C=O) groups is 2. The van der Waals surface area contributed by atoms with Gasteiger partial charge in [-0.15, -0.1) is 0 Å². The Morgan fingerprint density at radius 1 is 1.05 bits per heavy atom. The van der Waals surface area contributed by atoms with E-state index in [-0.39, 0.29) is 18.1 Å². The molecule has 2 rings (SSSR count). The van der Waals surface area contributed by atoms with Gasteiger partial charge in [-0.3, -0.25) is 9.59 Å². The van der Waals surface area contributed by atoms with Crippen molar-refractivity contribution in [2.45, 2.75) is 25.7 Å². The average molecular weight is 256 g/mol. The molecule has 1 aromatic carbocycles. The third-order valence-electron chi connectivity index (χ3n) is 3.34. The molecule has 98 valence electrons. The second-order valence-corrected chi connectivity index (χ2v) is 4.69. The first kappa shape index (κ1) is 13.3. The van der Waals surface area contributed by atoms with E-state index in [0.29, 0.717) is 11.1 Å². The van der Waals surface area contributed by atoms with E-state index in [9.17, 15) is 9.59 Å². The zero-order chi connectivity index (χ0) is 13.7. The first-order valence-corrected chi connectivity index (χ1v) is 6.52. The Morgan fingerprint density at radius 3 is 2.21 bits per heavy atom. The minimum absolute atomic E-state index is 0.0268. The molecule has 4 heteroatoms. The van der Waals surface area contributed by atoms with E-state index in [1.807, 2.05) is 11.0 Å². The molecule has 1 aliphatic rings. The van der Waals surface area contributed by atoms with Gasteiger partial charge in [0.25, 0.3) is 5.91 Å². The van der Waals surface area contributed by atoms with Gasteiger partial charge in [-0.2, -0.15) is 5.26 Å². The lowest BCUT2D eigenvalue weighted by atomic mass is 10.0. The first-order chi connectivity index (χ1) is 9.22. The third kappa shape index (κ3) is 3.19. The van der Waals surface area contributed by atoms with Gasteiger partial charge in [-0.1, -0.05) is 12.1 Å². The molecule has 1 heterocycles. The molecule has 0 unspecified atom stereocenters. The van der Waals surface area contributed by atoms with Crippen molar-refractivity contribution < 1.29 is 9.59 Å². The number of likely N-dealkylation sites (tertiary alicyclic amines) is 1. The van der Waals surface area contributed by atoms with Crippen molar-refractivity contribution in [2.24, 2.45) is 0 Å². The first-order valence-electron chi connectivity index (χ1n) is 6.52. The molecule has 1 aromatic rings. The van der Waals surface area contributed by atoms with Crippen molar-refractivity contribution >= 4 is 11.7 Å². The van der Waals surface area contributed by atoms with Crippen molar-refractivity contribution in [3.05, 3.63) is 35.4 Å². The smallest absolute Gasteiger partial charge is 0.253 e. The quantitative estimate of drug-likeness (QED) is 0.780. The number of Topliss-reactive ketones (excluding diaryl/α,β-unsaturated/α-hetero) is 1. The number of nitrogens with zero attached hydrogens (tertiary/aromatic N) is 2. The zero-order valence-electron chi connectivity index (χ0n) is 10.8. The Bertz CT molecular complexity index is 508. The van der Waals surface area contributed by atoms with E-state index < -0.39 is 0 Å². The van der Waals surface area contributed by atoms with E-state index >= 15 is 0 Å². The number of rotatable bonds is 3. The second-order valence-electron chi connectivity index (χ2n) is 4.69. The van der Waals surface area contributed by atoms with Crippen LogP contribution < -0.4 is 0 Å². The summed E-state index contributed by atoms with van der Waals surface area (Å²) in [7, 11) is 0. The van der Waals surface area contributed by atoms with Gasteiger partial charge < -0.3 is 4.90 Å². The van der Waals surface area contributed by atoms with E-state index in [1.54, 1.807) is 24.3 Å². The molecule has 0 spiro atoms. The fourth-order valence-corrected chi connectivity index (χ4v) is 2.25. The molecule has 19 heavy (non-hydrogen) atoms. The van der Waals surface area contributed by atoms with Gasteiger partial charge >= 0.3 is 0 Å². The van der Waals surface area contributed by atoms with Crippen LogP contribution in [0.1, 0.15) is 46.4 Å². The Kier molecular flexibility index (Phi) is 4.30. The van der Waals surface area contributed by atoms with Crippen molar-refractivity contribution in [1.29, 1.82) is 5.26 Å². The molecular weight excluding hydrogens is 240 g/mol. The fraction of sp³-hybridized carbons (Fsp3) is 0.400. The molecule has 1 saturated heterocycles. The average Bonchev–Trinajstić information content (AvgIpc) is 2.48. The summed E-state index contributed by atoms with van der Waals surface area (Å²) in [6, 6.07) is 8.41. The highest BCUT2D eigenvalue weighted by atomic mass is 16.2. The number of amides is 1. The summed E-state index contributed by atoms with van der Waals surface area (Å²) >= 11 is 0. The molecule has 0 atom stereocenters. The summed E-state index contributed by atoms with van der Waals surface area (Å²) in [5, 5.41) is 8.48. The van der Waals surface area contributed by atoms with Crippen LogP contribution in [0, 0.1) is 11.3 Å². The number of nitriles is 1. The molecule has 1 aliphatic heterocycles. The number of ketones is 1. The van der Waals surface area contributed by atoms with Crippen molar-refractivity contribution in [3.8, 4) is 6.07 Å². The molecule has 0 bridgehead atoms. The van der Waals surface area contributed by atoms with Gasteiger partial charge in [0.15, 0.2) is 5.78 Å². The van der Waals surface area contributed by atoms with Crippen LogP contribution in [0.2, 0.25) is 0 Å². The standard InChI is InChI=1S/C15H16N2O2/c16-9-8-14(18)12-4-6-13(7-5-12)15(19)17-10-2-1-3-11-17/h4-7H,1-3,8,10-11H2. The summed E-state index contributed by atoms with van der Waals surface area (Å²) < 4.78 is 0. The van der Waals surface area contributed by atoms with E-state index in [4.69, 9.17) is 5.26 Å². The number of carbonyl (C=O) groups excluding carboxylic acids is 2. The minimum atomic E-state index is -0.209. The highest BCUT2D eigenvalue weighted by Gasteiger charge is 2.18. The molecule has 1 amide bonds. The number of hydrogen-bond acceptors (Lipinski definition) is 3. The van der Waals surface area contributed by atoms with Crippen LogP contribution in [0.25, 0.3) is 0 Å². The van der Waals surface area contributed by atoms with Crippen LogP contribution in [0.5, 0.6) is 0 Å². The van der Waals surface area contributed by atoms with Crippen molar-refractivity contribution in [1.82, 2.24) is 4.90 Å². The lowest BCUT2D eigenvalue weighted by Gasteiger charge is -2.26. The molecule has 4 nitrogen and oxygen atoms in total. The minimum Gasteiger partial charge on any atom is -0.339 e. The summed E-state index contributed by atoms with van der Waals surface area (Å²) in [5.41, 5.74) is 1.09. The largest absolute Gasteiger partial charge is 0.339 e. The van der Waals surface area contributed by atoms with Gasteiger partial charge in [-0.05, 0) is 31.4 Å². The molecule has 0 N–H and O–H groups in total. The van der Waals surface area contributed by atoms with Gasteiger partial charge in [0.05, 0.1) is 12.5 Å². The van der Waals surface area contributed by atoms with Gasteiger partial charge in [0.1, 0.15) is 0 Å².